The molecule has 0 saturated heterocycles. The van der Waals surface area contributed by atoms with Gasteiger partial charge < -0.3 is 15.3 Å². The summed E-state index contributed by atoms with van der Waals surface area (Å²) in [7, 11) is -3.64. The van der Waals surface area contributed by atoms with Crippen LogP contribution in [0.5, 0.6) is 0 Å². The molecule has 1 aromatic heterocycles. The van der Waals surface area contributed by atoms with E-state index in [9.17, 15) is 18.0 Å². The first kappa shape index (κ1) is 18.7. The van der Waals surface area contributed by atoms with Crippen LogP contribution >= 0.6 is 0 Å². The van der Waals surface area contributed by atoms with Crippen LogP contribution < -0.4 is 15.3 Å². The van der Waals surface area contributed by atoms with Gasteiger partial charge in [0.2, 0.25) is 15.9 Å². The zero-order valence-electron chi connectivity index (χ0n) is 14.9. The van der Waals surface area contributed by atoms with E-state index in [4.69, 9.17) is 0 Å². The van der Waals surface area contributed by atoms with E-state index in [-0.39, 0.29) is 12.2 Å². The van der Waals surface area contributed by atoms with Crippen LogP contribution in [0.15, 0.2) is 53.3 Å². The topological polar surface area (TPSA) is 115 Å². The standard InChI is InChI=1S/C18H20N4O4S/c1-12(22(27(2,25)26)14-6-4-3-5-7-14)17(23)19-11-13-8-9-15-16(10-13)21-18(24)20-15/h3-10,12H,11H2,1-2H3,(H,19,23)(H2,20,21,24). The summed E-state index contributed by atoms with van der Waals surface area (Å²) in [6, 6.07) is 12.8. The molecule has 0 aliphatic heterocycles. The van der Waals surface area contributed by atoms with Crippen LogP contribution in [0.25, 0.3) is 11.0 Å². The molecular weight excluding hydrogens is 368 g/mol. The van der Waals surface area contributed by atoms with Gasteiger partial charge in [-0.1, -0.05) is 24.3 Å². The minimum absolute atomic E-state index is 0.207. The number of aromatic nitrogens is 2. The third kappa shape index (κ3) is 4.20. The number of aromatic amines is 2. The van der Waals surface area contributed by atoms with Crippen LogP contribution in [0.2, 0.25) is 0 Å². The Morgan fingerprint density at radius 1 is 1.11 bits per heavy atom. The highest BCUT2D eigenvalue weighted by Crippen LogP contribution is 2.20. The maximum Gasteiger partial charge on any atom is 0.323 e. The highest BCUT2D eigenvalue weighted by molar-refractivity contribution is 7.92. The fraction of sp³-hybridized carbons (Fsp3) is 0.222. The molecule has 0 bridgehead atoms. The van der Waals surface area contributed by atoms with Crippen LogP contribution in [0.4, 0.5) is 5.69 Å². The summed E-state index contributed by atoms with van der Waals surface area (Å²) in [5, 5.41) is 2.75. The molecule has 1 atom stereocenters. The third-order valence-electron chi connectivity index (χ3n) is 4.15. The van der Waals surface area contributed by atoms with Crippen molar-refractivity contribution in [2.75, 3.05) is 10.6 Å². The summed E-state index contributed by atoms with van der Waals surface area (Å²) in [6.07, 6.45) is 1.07. The van der Waals surface area contributed by atoms with E-state index in [1.165, 1.54) is 6.92 Å². The number of benzene rings is 2. The lowest BCUT2D eigenvalue weighted by Gasteiger charge is -2.28. The first-order valence-corrected chi connectivity index (χ1v) is 10.1. The van der Waals surface area contributed by atoms with E-state index in [0.717, 1.165) is 16.1 Å². The number of H-pyrrole nitrogens is 2. The fourth-order valence-electron chi connectivity index (χ4n) is 2.91. The van der Waals surface area contributed by atoms with Crippen LogP contribution in [-0.2, 0) is 21.4 Å². The second-order valence-corrected chi connectivity index (χ2v) is 8.11. The molecule has 9 heteroatoms. The number of carbonyl (C=O) groups is 1. The number of fused-ring (bicyclic) bond motifs is 1. The molecule has 0 aliphatic carbocycles. The molecule has 27 heavy (non-hydrogen) atoms. The second-order valence-electron chi connectivity index (χ2n) is 6.25. The summed E-state index contributed by atoms with van der Waals surface area (Å²) in [6.45, 7) is 1.74. The average molecular weight is 388 g/mol. The lowest BCUT2D eigenvalue weighted by atomic mass is 10.2. The number of hydrogen-bond donors (Lipinski definition) is 3. The predicted octanol–water partition coefficient (Wildman–Crippen LogP) is 1.33. The van der Waals surface area contributed by atoms with E-state index in [0.29, 0.717) is 16.7 Å². The Bertz CT molecular complexity index is 1120. The van der Waals surface area contributed by atoms with Gasteiger partial charge >= 0.3 is 5.69 Å². The summed E-state index contributed by atoms with van der Waals surface area (Å²) >= 11 is 0. The highest BCUT2D eigenvalue weighted by atomic mass is 32.2. The van der Waals surface area contributed by atoms with Crippen molar-refractivity contribution in [3.63, 3.8) is 0 Å². The molecule has 1 unspecified atom stereocenters. The monoisotopic (exact) mass is 388 g/mol. The number of nitrogens with zero attached hydrogens (tertiary/aromatic N) is 1. The van der Waals surface area contributed by atoms with Crippen LogP contribution in [-0.4, -0.2) is 36.6 Å². The molecule has 3 aromatic rings. The van der Waals surface area contributed by atoms with Gasteiger partial charge in [0.15, 0.2) is 0 Å². The number of hydrogen-bond acceptors (Lipinski definition) is 4. The Hall–Kier alpha value is -3.07. The number of anilines is 1. The molecule has 0 radical (unpaired) electrons. The largest absolute Gasteiger partial charge is 0.350 e. The molecule has 0 fully saturated rings. The molecular formula is C18H20N4O4S. The number of carbonyl (C=O) groups excluding carboxylic acids is 1. The predicted molar refractivity (Wildman–Crippen MR) is 104 cm³/mol. The Balaban J connectivity index is 1.75. The van der Waals surface area contributed by atoms with Gasteiger partial charge in [-0.2, -0.15) is 0 Å². The molecule has 1 amide bonds. The Labute approximate surface area is 156 Å². The molecule has 0 spiro atoms. The fourth-order valence-corrected chi connectivity index (χ4v) is 4.09. The molecule has 2 aromatic carbocycles. The summed E-state index contributed by atoms with van der Waals surface area (Å²) in [4.78, 5) is 29.2. The summed E-state index contributed by atoms with van der Waals surface area (Å²) in [5.41, 5.74) is 2.22. The van der Waals surface area contributed by atoms with Crippen molar-refractivity contribution < 1.29 is 13.2 Å². The molecule has 1 heterocycles. The van der Waals surface area contributed by atoms with E-state index in [2.05, 4.69) is 15.3 Å². The number of rotatable bonds is 6. The Morgan fingerprint density at radius 2 is 1.78 bits per heavy atom. The van der Waals surface area contributed by atoms with Crippen molar-refractivity contribution in [2.24, 2.45) is 0 Å². The lowest BCUT2D eigenvalue weighted by molar-refractivity contribution is -0.122. The van der Waals surface area contributed by atoms with Crippen LogP contribution in [0.1, 0.15) is 12.5 Å². The van der Waals surface area contributed by atoms with E-state index >= 15 is 0 Å². The molecule has 3 rings (SSSR count). The van der Waals surface area contributed by atoms with Crippen molar-refractivity contribution >= 4 is 32.7 Å². The van der Waals surface area contributed by atoms with E-state index in [1.54, 1.807) is 48.5 Å². The Morgan fingerprint density at radius 3 is 2.44 bits per heavy atom. The van der Waals surface area contributed by atoms with Crippen LogP contribution in [0, 0.1) is 0 Å². The number of amides is 1. The molecule has 0 aliphatic rings. The van der Waals surface area contributed by atoms with Gasteiger partial charge in [-0.05, 0) is 36.8 Å². The highest BCUT2D eigenvalue weighted by Gasteiger charge is 2.28. The van der Waals surface area contributed by atoms with Gasteiger partial charge in [0.05, 0.1) is 23.0 Å². The Kier molecular flexibility index (Phi) is 5.04. The average Bonchev–Trinajstić information content (AvgIpc) is 2.98. The number of para-hydroxylation sites is 1. The zero-order chi connectivity index (χ0) is 19.6. The third-order valence-corrected chi connectivity index (χ3v) is 5.39. The van der Waals surface area contributed by atoms with Crippen molar-refractivity contribution in [1.29, 1.82) is 0 Å². The minimum atomic E-state index is -3.64. The smallest absolute Gasteiger partial charge is 0.323 e. The van der Waals surface area contributed by atoms with Gasteiger partial charge in [-0.25, -0.2) is 13.2 Å². The van der Waals surface area contributed by atoms with Gasteiger partial charge in [0.1, 0.15) is 6.04 Å². The normalized spacial score (nSPS) is 12.7. The van der Waals surface area contributed by atoms with Gasteiger partial charge in [0.25, 0.3) is 0 Å². The maximum atomic E-state index is 12.6. The molecule has 142 valence electrons. The zero-order valence-corrected chi connectivity index (χ0v) is 15.7. The number of sulfonamides is 1. The molecule has 3 N–H and O–H groups in total. The SMILES string of the molecule is CC(C(=O)NCc1ccc2[nH]c(=O)[nH]c2c1)N(c1ccccc1)S(C)(=O)=O. The molecule has 0 saturated carbocycles. The second kappa shape index (κ2) is 7.28. The van der Waals surface area contributed by atoms with Crippen molar-refractivity contribution in [3.8, 4) is 0 Å². The number of imidazole rings is 1. The maximum absolute atomic E-state index is 12.6. The van der Waals surface area contributed by atoms with Crippen molar-refractivity contribution in [3.05, 3.63) is 64.6 Å². The first-order chi connectivity index (χ1) is 12.8. The first-order valence-electron chi connectivity index (χ1n) is 8.29. The van der Waals surface area contributed by atoms with Crippen molar-refractivity contribution in [2.45, 2.75) is 19.5 Å². The van der Waals surface area contributed by atoms with Gasteiger partial charge in [0, 0.05) is 6.54 Å². The molecule has 8 nitrogen and oxygen atoms in total. The van der Waals surface area contributed by atoms with Gasteiger partial charge in [-0.3, -0.25) is 9.10 Å². The van der Waals surface area contributed by atoms with Crippen molar-refractivity contribution in [1.82, 2.24) is 15.3 Å². The minimum Gasteiger partial charge on any atom is -0.350 e. The quantitative estimate of drug-likeness (QED) is 0.591. The lowest BCUT2D eigenvalue weighted by Crippen LogP contribution is -2.47. The van der Waals surface area contributed by atoms with Gasteiger partial charge in [-0.15, -0.1) is 0 Å². The summed E-state index contributed by atoms with van der Waals surface area (Å²) in [5.74, 6) is -0.424. The van der Waals surface area contributed by atoms with Crippen LogP contribution in [0.3, 0.4) is 0 Å². The summed E-state index contributed by atoms with van der Waals surface area (Å²) < 4.78 is 25.5. The van der Waals surface area contributed by atoms with E-state index < -0.39 is 22.0 Å². The number of nitrogens with one attached hydrogen (secondary N) is 3. The van der Waals surface area contributed by atoms with E-state index in [1.807, 2.05) is 0 Å².